The number of carbonyl (C=O) groups excluding carboxylic acids is 6. The van der Waals surface area contributed by atoms with E-state index in [9.17, 15) is 38.7 Å². The van der Waals surface area contributed by atoms with Crippen LogP contribution in [0.4, 0.5) is 0 Å². The molecule has 3 atom stereocenters. The van der Waals surface area contributed by atoms with Crippen LogP contribution < -0.4 is 31.9 Å². The molecule has 0 saturated carbocycles. The molecule has 7 N–H and O–H groups in total. The number of carboxylic acids is 1. The van der Waals surface area contributed by atoms with Gasteiger partial charge in [0, 0.05) is 38.6 Å². The maximum absolute atomic E-state index is 13.5. The number of benzene rings is 1. The van der Waals surface area contributed by atoms with Crippen LogP contribution in [0.15, 0.2) is 30.3 Å². The smallest absolute Gasteiger partial charge is 0.326 e. The van der Waals surface area contributed by atoms with Gasteiger partial charge in [-0.25, -0.2) is 4.79 Å². The largest absolute Gasteiger partial charge is 0.480 e. The Labute approximate surface area is 300 Å². The van der Waals surface area contributed by atoms with E-state index >= 15 is 0 Å². The van der Waals surface area contributed by atoms with E-state index in [1.807, 2.05) is 13.8 Å². The first-order valence-electron chi connectivity index (χ1n) is 17.2. The highest BCUT2D eigenvalue weighted by Crippen LogP contribution is 2.09. The van der Waals surface area contributed by atoms with Crippen molar-refractivity contribution in [2.45, 2.75) is 103 Å². The van der Waals surface area contributed by atoms with Gasteiger partial charge in [0.2, 0.25) is 35.4 Å². The fourth-order valence-electron chi connectivity index (χ4n) is 4.83. The SMILES string of the molecule is C#CCCCC(=O)NCCCCC(NC(=O)CNC(=O)C(CC(C)C)NC(=O)C(Cc1ccccc1)NC(=O)CNC(=O)CCCC#C)C(=O)O. The van der Waals surface area contributed by atoms with Crippen LogP contribution in [0.1, 0.15) is 83.6 Å². The molecular formula is C37H52N6O8. The summed E-state index contributed by atoms with van der Waals surface area (Å²) in [5.74, 6) is 0.470. The third-order valence-electron chi connectivity index (χ3n) is 7.47. The fraction of sp³-hybridized carbons (Fsp3) is 0.541. The first-order chi connectivity index (χ1) is 24.4. The average Bonchev–Trinajstić information content (AvgIpc) is 3.08. The molecule has 0 heterocycles. The quantitative estimate of drug-likeness (QED) is 0.0573. The fourth-order valence-corrected chi connectivity index (χ4v) is 4.83. The van der Waals surface area contributed by atoms with Crippen molar-refractivity contribution in [3.05, 3.63) is 35.9 Å². The van der Waals surface area contributed by atoms with E-state index in [2.05, 4.69) is 43.7 Å². The molecule has 0 radical (unpaired) electrons. The van der Waals surface area contributed by atoms with E-state index in [1.165, 1.54) is 0 Å². The third kappa shape index (κ3) is 20.7. The predicted molar refractivity (Wildman–Crippen MR) is 191 cm³/mol. The van der Waals surface area contributed by atoms with E-state index < -0.39 is 54.3 Å². The van der Waals surface area contributed by atoms with Gasteiger partial charge >= 0.3 is 5.97 Å². The Morgan fingerprint density at radius 1 is 0.667 bits per heavy atom. The van der Waals surface area contributed by atoms with Gasteiger partial charge in [0.15, 0.2) is 0 Å². The van der Waals surface area contributed by atoms with Gasteiger partial charge in [-0.2, -0.15) is 0 Å². The van der Waals surface area contributed by atoms with Crippen molar-refractivity contribution in [2.75, 3.05) is 19.6 Å². The molecule has 0 aromatic heterocycles. The Morgan fingerprint density at radius 2 is 1.24 bits per heavy atom. The number of nitrogens with one attached hydrogen (secondary N) is 6. The van der Waals surface area contributed by atoms with Crippen LogP contribution in [-0.4, -0.2) is 84.3 Å². The summed E-state index contributed by atoms with van der Waals surface area (Å²) < 4.78 is 0. The lowest BCUT2D eigenvalue weighted by molar-refractivity contribution is -0.142. The predicted octanol–water partition coefficient (Wildman–Crippen LogP) is 0.940. The maximum Gasteiger partial charge on any atom is 0.326 e. The number of amides is 6. The van der Waals surface area contributed by atoms with Crippen molar-refractivity contribution >= 4 is 41.4 Å². The molecule has 14 heteroatoms. The summed E-state index contributed by atoms with van der Waals surface area (Å²) >= 11 is 0. The monoisotopic (exact) mass is 708 g/mol. The second-order valence-corrected chi connectivity index (χ2v) is 12.4. The number of aliphatic carboxylic acids is 1. The number of rotatable bonds is 25. The van der Waals surface area contributed by atoms with E-state index in [4.69, 9.17) is 12.8 Å². The second-order valence-electron chi connectivity index (χ2n) is 12.4. The summed E-state index contributed by atoms with van der Waals surface area (Å²) in [7, 11) is 0. The molecule has 0 bridgehead atoms. The first-order valence-corrected chi connectivity index (χ1v) is 17.2. The van der Waals surface area contributed by atoms with Gasteiger partial charge in [0.1, 0.15) is 18.1 Å². The molecule has 14 nitrogen and oxygen atoms in total. The molecule has 1 aromatic carbocycles. The van der Waals surface area contributed by atoms with E-state index in [1.54, 1.807) is 30.3 Å². The minimum Gasteiger partial charge on any atom is -0.480 e. The van der Waals surface area contributed by atoms with Crippen LogP contribution in [0.25, 0.3) is 0 Å². The van der Waals surface area contributed by atoms with E-state index in [-0.39, 0.29) is 50.0 Å². The zero-order valence-corrected chi connectivity index (χ0v) is 29.6. The van der Waals surface area contributed by atoms with Gasteiger partial charge in [0.05, 0.1) is 13.1 Å². The van der Waals surface area contributed by atoms with Gasteiger partial charge < -0.3 is 37.0 Å². The van der Waals surface area contributed by atoms with Crippen LogP contribution in [0.3, 0.4) is 0 Å². The molecule has 1 rings (SSSR count). The lowest BCUT2D eigenvalue weighted by atomic mass is 10.0. The zero-order chi connectivity index (χ0) is 38.0. The minimum absolute atomic E-state index is 0.0501. The van der Waals surface area contributed by atoms with E-state index in [0.717, 1.165) is 5.56 Å². The van der Waals surface area contributed by atoms with Crippen molar-refractivity contribution in [1.29, 1.82) is 0 Å². The molecule has 6 amide bonds. The number of hydrogen-bond donors (Lipinski definition) is 7. The van der Waals surface area contributed by atoms with Gasteiger partial charge in [-0.05, 0) is 50.0 Å². The Kier molecular flexibility index (Phi) is 21.9. The average molecular weight is 709 g/mol. The topological polar surface area (TPSA) is 212 Å². The standard InChI is InChI=1S/C37H52N6O8/c1-5-7-10-19-31(44)38-21-15-14-18-28(37(50)51)41-34(47)25-40-35(48)29(22-26(3)4)43-36(49)30(23-27-16-12-9-13-17-27)42-33(46)24-39-32(45)20-11-8-6-2/h1-2,9,12-13,16-17,26,28-30H,7-8,10-11,14-15,18-25H2,3-4H3,(H,38,44)(H,39,45)(H,40,48)(H,41,47)(H,42,46)(H,43,49)(H,50,51). The highest BCUT2D eigenvalue weighted by molar-refractivity contribution is 5.94. The summed E-state index contributed by atoms with van der Waals surface area (Å²) in [6.45, 7) is 3.15. The van der Waals surface area contributed by atoms with Crippen molar-refractivity contribution in [1.82, 2.24) is 31.9 Å². The molecule has 3 unspecified atom stereocenters. The summed E-state index contributed by atoms with van der Waals surface area (Å²) in [6.07, 6.45) is 14.2. The highest BCUT2D eigenvalue weighted by Gasteiger charge is 2.28. The Bertz CT molecular complexity index is 1390. The summed E-state index contributed by atoms with van der Waals surface area (Å²) in [4.78, 5) is 87.6. The number of hydrogen-bond acceptors (Lipinski definition) is 7. The van der Waals surface area contributed by atoms with Gasteiger partial charge in [-0.3, -0.25) is 28.8 Å². The van der Waals surface area contributed by atoms with Gasteiger partial charge in [-0.1, -0.05) is 44.2 Å². The summed E-state index contributed by atoms with van der Waals surface area (Å²) in [6, 6.07) is 5.55. The summed E-state index contributed by atoms with van der Waals surface area (Å²) in [5.41, 5.74) is 0.742. The molecule has 0 fully saturated rings. The van der Waals surface area contributed by atoms with Crippen LogP contribution in [-0.2, 0) is 40.0 Å². The molecular weight excluding hydrogens is 656 g/mol. The third-order valence-corrected chi connectivity index (χ3v) is 7.47. The number of unbranched alkanes of at least 4 members (excludes halogenated alkanes) is 3. The second kappa shape index (κ2) is 25.6. The molecule has 1 aromatic rings. The van der Waals surface area contributed by atoms with Crippen LogP contribution in [0, 0.1) is 30.6 Å². The Balaban J connectivity index is 2.78. The molecule has 0 spiro atoms. The Morgan fingerprint density at radius 3 is 1.80 bits per heavy atom. The van der Waals surface area contributed by atoms with E-state index in [0.29, 0.717) is 51.5 Å². The molecule has 0 aliphatic heterocycles. The van der Waals surface area contributed by atoms with Crippen LogP contribution in [0.5, 0.6) is 0 Å². The van der Waals surface area contributed by atoms with Crippen molar-refractivity contribution < 1.29 is 38.7 Å². The zero-order valence-electron chi connectivity index (χ0n) is 29.6. The molecule has 0 aliphatic carbocycles. The van der Waals surface area contributed by atoms with Crippen LogP contribution in [0.2, 0.25) is 0 Å². The van der Waals surface area contributed by atoms with Gasteiger partial charge in [-0.15, -0.1) is 24.7 Å². The van der Waals surface area contributed by atoms with Crippen molar-refractivity contribution in [3.63, 3.8) is 0 Å². The summed E-state index contributed by atoms with van der Waals surface area (Å²) in [5, 5.41) is 25.0. The molecule has 51 heavy (non-hydrogen) atoms. The maximum atomic E-state index is 13.5. The number of terminal acetylenes is 2. The van der Waals surface area contributed by atoms with Gasteiger partial charge in [0.25, 0.3) is 0 Å². The molecule has 278 valence electrons. The lowest BCUT2D eigenvalue weighted by Gasteiger charge is -2.24. The molecule has 0 saturated heterocycles. The van der Waals surface area contributed by atoms with Crippen molar-refractivity contribution in [3.8, 4) is 24.7 Å². The van der Waals surface area contributed by atoms with Crippen LogP contribution >= 0.6 is 0 Å². The number of carboxylic acid groups (broad SMARTS) is 1. The number of carbonyl (C=O) groups is 7. The minimum atomic E-state index is -1.24. The highest BCUT2D eigenvalue weighted by atomic mass is 16.4. The van der Waals surface area contributed by atoms with Crippen molar-refractivity contribution in [2.24, 2.45) is 5.92 Å². The normalized spacial score (nSPS) is 12.2. The Hall–Kier alpha value is -5.37. The lowest BCUT2D eigenvalue weighted by Crippen LogP contribution is -2.56. The first kappa shape index (κ1) is 43.7. The molecule has 0 aliphatic rings.